The molecule has 1 aromatic rings. The maximum absolute atomic E-state index is 12.2. The Morgan fingerprint density at radius 1 is 1.69 bits per heavy atom. The van der Waals surface area contributed by atoms with E-state index in [4.69, 9.17) is 0 Å². The predicted octanol–water partition coefficient (Wildman–Crippen LogP) is 2.13. The normalized spacial score (nSPS) is 10.5. The smallest absolute Gasteiger partial charge is 0.340 e. The van der Waals surface area contributed by atoms with Crippen molar-refractivity contribution in [2.24, 2.45) is 0 Å². The van der Waals surface area contributed by atoms with Crippen molar-refractivity contribution < 1.29 is 18.3 Å². The molecule has 1 heterocycles. The predicted molar refractivity (Wildman–Crippen MR) is 41.7 cm³/mol. The third-order valence-corrected chi connectivity index (χ3v) is 1.49. The molecule has 0 radical (unpaired) electrons. The molecule has 0 saturated heterocycles. The highest BCUT2D eigenvalue weighted by Crippen LogP contribution is 2.21. The Morgan fingerprint density at radius 3 is 2.92 bits per heavy atom. The largest absolute Gasteiger partial charge is 0.462 e. The standard InChI is InChI=1S/C8H9F2NO2/c1-2-13-8(12)5-3-4-11-6(5)7(9)10/h3-4,7,11H,2H2,1H3. The molecule has 0 aliphatic carbocycles. The van der Waals surface area contributed by atoms with Crippen LogP contribution in [-0.2, 0) is 4.74 Å². The monoisotopic (exact) mass is 189 g/mol. The molecule has 0 amide bonds. The number of carbonyl (C=O) groups excluding carboxylic acids is 1. The molecule has 0 atom stereocenters. The first-order valence-electron chi connectivity index (χ1n) is 3.79. The summed E-state index contributed by atoms with van der Waals surface area (Å²) >= 11 is 0. The van der Waals surface area contributed by atoms with E-state index in [-0.39, 0.29) is 12.2 Å². The first kappa shape index (κ1) is 9.70. The summed E-state index contributed by atoms with van der Waals surface area (Å²) in [6.07, 6.45) is -1.40. The number of carbonyl (C=O) groups is 1. The maximum Gasteiger partial charge on any atom is 0.340 e. The number of ether oxygens (including phenoxy) is 1. The molecule has 0 aliphatic rings. The van der Waals surface area contributed by atoms with E-state index >= 15 is 0 Å². The number of rotatable bonds is 3. The van der Waals surface area contributed by atoms with Crippen LogP contribution in [0.4, 0.5) is 8.78 Å². The quantitative estimate of drug-likeness (QED) is 0.740. The Kier molecular flexibility index (Phi) is 3.00. The molecule has 0 aromatic carbocycles. The van der Waals surface area contributed by atoms with Crippen LogP contribution in [0.5, 0.6) is 0 Å². The van der Waals surface area contributed by atoms with Gasteiger partial charge in [-0.3, -0.25) is 0 Å². The summed E-state index contributed by atoms with van der Waals surface area (Å²) in [5.74, 6) is -0.723. The molecule has 13 heavy (non-hydrogen) atoms. The lowest BCUT2D eigenvalue weighted by Crippen LogP contribution is -2.06. The second-order valence-electron chi connectivity index (χ2n) is 2.33. The van der Waals surface area contributed by atoms with Gasteiger partial charge in [0.2, 0.25) is 0 Å². The van der Waals surface area contributed by atoms with Crippen LogP contribution >= 0.6 is 0 Å². The number of H-pyrrole nitrogens is 1. The van der Waals surface area contributed by atoms with Crippen molar-refractivity contribution in [1.29, 1.82) is 0 Å². The van der Waals surface area contributed by atoms with E-state index in [0.717, 1.165) is 0 Å². The van der Waals surface area contributed by atoms with Crippen LogP contribution in [0.2, 0.25) is 0 Å². The third-order valence-electron chi connectivity index (χ3n) is 1.49. The highest BCUT2D eigenvalue weighted by Gasteiger charge is 2.19. The van der Waals surface area contributed by atoms with Crippen molar-refractivity contribution in [3.63, 3.8) is 0 Å². The van der Waals surface area contributed by atoms with Gasteiger partial charge in [-0.2, -0.15) is 0 Å². The zero-order valence-corrected chi connectivity index (χ0v) is 7.01. The average Bonchev–Trinajstić information content (AvgIpc) is 2.52. The molecule has 3 nitrogen and oxygen atoms in total. The lowest BCUT2D eigenvalue weighted by atomic mass is 10.2. The van der Waals surface area contributed by atoms with Crippen molar-refractivity contribution >= 4 is 5.97 Å². The van der Waals surface area contributed by atoms with Crippen molar-refractivity contribution in [2.45, 2.75) is 13.3 Å². The molecule has 1 aromatic heterocycles. The van der Waals surface area contributed by atoms with Crippen LogP contribution < -0.4 is 0 Å². The minimum atomic E-state index is -2.69. The van der Waals surface area contributed by atoms with E-state index in [2.05, 4.69) is 9.72 Å². The zero-order chi connectivity index (χ0) is 9.84. The van der Waals surface area contributed by atoms with E-state index in [1.165, 1.54) is 12.3 Å². The van der Waals surface area contributed by atoms with Gasteiger partial charge in [-0.15, -0.1) is 0 Å². The number of hydrogen-bond donors (Lipinski definition) is 1. The van der Waals surface area contributed by atoms with Gasteiger partial charge in [-0.1, -0.05) is 0 Å². The number of aromatic amines is 1. The number of nitrogens with one attached hydrogen (secondary N) is 1. The summed E-state index contributed by atoms with van der Waals surface area (Å²) in [6.45, 7) is 1.79. The van der Waals surface area contributed by atoms with Gasteiger partial charge in [0, 0.05) is 6.20 Å². The van der Waals surface area contributed by atoms with Crippen LogP contribution in [-0.4, -0.2) is 17.6 Å². The summed E-state index contributed by atoms with van der Waals surface area (Å²) in [7, 11) is 0. The SMILES string of the molecule is CCOC(=O)c1cc[nH]c1C(F)F. The molecule has 0 spiro atoms. The Hall–Kier alpha value is -1.39. The molecule has 0 fully saturated rings. The highest BCUT2D eigenvalue weighted by molar-refractivity contribution is 5.90. The molecule has 0 bridgehead atoms. The van der Waals surface area contributed by atoms with Crippen LogP contribution in [0, 0.1) is 0 Å². The van der Waals surface area contributed by atoms with Gasteiger partial charge in [0.05, 0.1) is 17.9 Å². The fourth-order valence-corrected chi connectivity index (χ4v) is 0.950. The first-order chi connectivity index (χ1) is 6.16. The van der Waals surface area contributed by atoms with E-state index < -0.39 is 18.1 Å². The minimum Gasteiger partial charge on any atom is -0.462 e. The van der Waals surface area contributed by atoms with Gasteiger partial charge >= 0.3 is 5.97 Å². The third kappa shape index (κ3) is 2.05. The Morgan fingerprint density at radius 2 is 2.38 bits per heavy atom. The summed E-state index contributed by atoms with van der Waals surface area (Å²) in [5.41, 5.74) is -0.490. The molecule has 0 aliphatic heterocycles. The van der Waals surface area contributed by atoms with Crippen molar-refractivity contribution in [2.75, 3.05) is 6.61 Å². The Bertz CT molecular complexity index is 296. The molecule has 5 heteroatoms. The fourth-order valence-electron chi connectivity index (χ4n) is 0.950. The van der Waals surface area contributed by atoms with E-state index in [0.29, 0.717) is 0 Å². The van der Waals surface area contributed by atoms with Gasteiger partial charge < -0.3 is 9.72 Å². The number of halogens is 2. The molecule has 1 rings (SSSR count). The summed E-state index contributed by atoms with van der Waals surface area (Å²) in [6, 6.07) is 1.28. The summed E-state index contributed by atoms with van der Waals surface area (Å²) in [4.78, 5) is 13.3. The highest BCUT2D eigenvalue weighted by atomic mass is 19.3. The van der Waals surface area contributed by atoms with Crippen molar-refractivity contribution in [3.05, 3.63) is 23.5 Å². The second-order valence-corrected chi connectivity index (χ2v) is 2.33. The van der Waals surface area contributed by atoms with Crippen LogP contribution in [0.3, 0.4) is 0 Å². The Labute approximate surface area is 73.7 Å². The summed E-state index contributed by atoms with van der Waals surface area (Å²) in [5, 5.41) is 0. The van der Waals surface area contributed by atoms with Gasteiger partial charge in [0.25, 0.3) is 6.43 Å². The summed E-state index contributed by atoms with van der Waals surface area (Å²) < 4.78 is 29.0. The van der Waals surface area contributed by atoms with Crippen LogP contribution in [0.1, 0.15) is 29.4 Å². The molecule has 72 valence electrons. The van der Waals surface area contributed by atoms with E-state index in [1.807, 2.05) is 0 Å². The molecule has 1 N–H and O–H groups in total. The number of esters is 1. The van der Waals surface area contributed by atoms with E-state index in [9.17, 15) is 13.6 Å². The van der Waals surface area contributed by atoms with Crippen molar-refractivity contribution in [3.8, 4) is 0 Å². The molecule has 0 saturated carbocycles. The van der Waals surface area contributed by atoms with Gasteiger partial charge in [-0.25, -0.2) is 13.6 Å². The topological polar surface area (TPSA) is 42.1 Å². The van der Waals surface area contributed by atoms with Gasteiger partial charge in [0.15, 0.2) is 0 Å². The average molecular weight is 189 g/mol. The lowest BCUT2D eigenvalue weighted by molar-refractivity contribution is 0.0515. The first-order valence-corrected chi connectivity index (χ1v) is 3.79. The van der Waals surface area contributed by atoms with E-state index in [1.54, 1.807) is 6.92 Å². The number of aromatic nitrogens is 1. The molecular weight excluding hydrogens is 180 g/mol. The van der Waals surface area contributed by atoms with Crippen LogP contribution in [0.25, 0.3) is 0 Å². The fraction of sp³-hybridized carbons (Fsp3) is 0.375. The Balaban J connectivity index is 2.87. The minimum absolute atomic E-state index is 0.100. The van der Waals surface area contributed by atoms with Crippen LogP contribution in [0.15, 0.2) is 12.3 Å². The maximum atomic E-state index is 12.2. The molecular formula is C8H9F2NO2. The zero-order valence-electron chi connectivity index (χ0n) is 7.01. The van der Waals surface area contributed by atoms with Gasteiger partial charge in [-0.05, 0) is 13.0 Å². The van der Waals surface area contributed by atoms with Crippen molar-refractivity contribution in [1.82, 2.24) is 4.98 Å². The number of alkyl halides is 2. The van der Waals surface area contributed by atoms with Gasteiger partial charge in [0.1, 0.15) is 0 Å². The number of hydrogen-bond acceptors (Lipinski definition) is 2. The second kappa shape index (κ2) is 4.02. The lowest BCUT2D eigenvalue weighted by Gasteiger charge is -2.02. The molecule has 0 unspecified atom stereocenters.